The summed E-state index contributed by atoms with van der Waals surface area (Å²) >= 11 is 6.05. The summed E-state index contributed by atoms with van der Waals surface area (Å²) in [6, 6.07) is 12.1. The Labute approximate surface area is 186 Å². The number of rotatable bonds is 4. The summed E-state index contributed by atoms with van der Waals surface area (Å²) in [4.78, 5) is 44.4. The van der Waals surface area contributed by atoms with Crippen molar-refractivity contribution in [1.82, 2.24) is 14.5 Å². The fourth-order valence-corrected chi connectivity index (χ4v) is 3.61. The molecule has 9 nitrogen and oxygen atoms in total. The van der Waals surface area contributed by atoms with Gasteiger partial charge in [0.05, 0.1) is 26.6 Å². The van der Waals surface area contributed by atoms with Crippen molar-refractivity contribution >= 4 is 39.9 Å². The first-order chi connectivity index (χ1) is 15.3. The number of nitro groups is 1. The number of nitro benzene ring substituents is 1. The summed E-state index contributed by atoms with van der Waals surface area (Å²) in [7, 11) is 0. The van der Waals surface area contributed by atoms with Crippen LogP contribution in [0.15, 0.2) is 59.5 Å². The Morgan fingerprint density at radius 3 is 2.62 bits per heavy atom. The zero-order chi connectivity index (χ0) is 23.0. The highest BCUT2D eigenvalue weighted by atomic mass is 35.5. The average Bonchev–Trinajstić information content (AvgIpc) is 2.75. The molecule has 2 aromatic carbocycles. The topological polar surface area (TPSA) is 120 Å². The lowest BCUT2D eigenvalue weighted by molar-refractivity contribution is -0.384. The van der Waals surface area contributed by atoms with Crippen LogP contribution in [0.25, 0.3) is 16.7 Å². The third kappa shape index (κ3) is 3.81. The van der Waals surface area contributed by atoms with Gasteiger partial charge in [0.15, 0.2) is 5.65 Å². The fourth-order valence-electron chi connectivity index (χ4n) is 3.35. The van der Waals surface area contributed by atoms with Crippen LogP contribution in [0.4, 0.5) is 11.4 Å². The van der Waals surface area contributed by atoms with Gasteiger partial charge in [-0.2, -0.15) is 0 Å². The van der Waals surface area contributed by atoms with E-state index in [1.54, 1.807) is 50.4 Å². The first-order valence-electron chi connectivity index (χ1n) is 9.47. The molecule has 0 aliphatic carbocycles. The number of non-ortho nitro benzene ring substituents is 1. The highest BCUT2D eigenvalue weighted by Crippen LogP contribution is 2.25. The molecule has 0 aliphatic rings. The molecule has 0 atom stereocenters. The number of pyridine rings is 1. The summed E-state index contributed by atoms with van der Waals surface area (Å²) in [6.45, 7) is 3.50. The van der Waals surface area contributed by atoms with Gasteiger partial charge in [-0.05, 0) is 55.8 Å². The summed E-state index contributed by atoms with van der Waals surface area (Å²) in [5.74, 6) is -0.0254. The number of hydrogen-bond donors (Lipinski definition) is 1. The smallest absolute Gasteiger partial charge is 0.270 e. The Kier molecular flexibility index (Phi) is 5.41. The number of benzene rings is 2. The number of nitrogens with one attached hydrogen (secondary N) is 1. The largest absolute Gasteiger partial charge is 0.322 e. The Hall–Kier alpha value is -4.11. The Bertz CT molecular complexity index is 1460. The van der Waals surface area contributed by atoms with Gasteiger partial charge in [-0.1, -0.05) is 11.6 Å². The molecule has 0 saturated heterocycles. The number of fused-ring (bicyclic) bond motifs is 1. The summed E-state index contributed by atoms with van der Waals surface area (Å²) in [5, 5.41) is 14.0. The molecule has 4 rings (SSSR count). The summed E-state index contributed by atoms with van der Waals surface area (Å²) < 4.78 is 1.48. The number of amides is 1. The van der Waals surface area contributed by atoms with Gasteiger partial charge in [0.25, 0.3) is 17.2 Å². The van der Waals surface area contributed by atoms with E-state index in [-0.39, 0.29) is 21.8 Å². The number of anilines is 1. The van der Waals surface area contributed by atoms with Gasteiger partial charge in [0.1, 0.15) is 5.82 Å². The van der Waals surface area contributed by atoms with Gasteiger partial charge in [0, 0.05) is 24.0 Å². The zero-order valence-corrected chi connectivity index (χ0v) is 17.8. The lowest BCUT2D eigenvalue weighted by atomic mass is 10.1. The normalized spacial score (nSPS) is 10.8. The van der Waals surface area contributed by atoms with Crippen LogP contribution >= 0.6 is 11.6 Å². The Morgan fingerprint density at radius 2 is 1.94 bits per heavy atom. The lowest BCUT2D eigenvalue weighted by Crippen LogP contribution is -2.23. The maximum absolute atomic E-state index is 13.0. The number of carbonyl (C=O) groups is 1. The average molecular weight is 450 g/mol. The molecule has 32 heavy (non-hydrogen) atoms. The van der Waals surface area contributed by atoms with Crippen molar-refractivity contribution in [2.24, 2.45) is 0 Å². The van der Waals surface area contributed by atoms with Crippen LogP contribution in [-0.2, 0) is 0 Å². The number of hydrogen-bond acceptors (Lipinski definition) is 6. The summed E-state index contributed by atoms with van der Waals surface area (Å²) in [6.07, 6.45) is 1.58. The van der Waals surface area contributed by atoms with E-state index in [1.165, 1.54) is 16.7 Å². The van der Waals surface area contributed by atoms with Crippen LogP contribution in [0.2, 0.25) is 5.02 Å². The SMILES string of the molecule is Cc1cc(-n2c(C)nc3ncccc3c2=O)ccc1NC(=O)c1ccc([N+](=O)[O-])cc1Cl. The predicted molar refractivity (Wildman–Crippen MR) is 121 cm³/mol. The molecule has 0 saturated carbocycles. The van der Waals surface area contributed by atoms with E-state index in [2.05, 4.69) is 15.3 Å². The second kappa shape index (κ2) is 8.20. The van der Waals surface area contributed by atoms with Crippen LogP contribution in [0.1, 0.15) is 21.7 Å². The first-order valence-corrected chi connectivity index (χ1v) is 9.85. The van der Waals surface area contributed by atoms with Gasteiger partial charge in [-0.3, -0.25) is 24.3 Å². The maximum Gasteiger partial charge on any atom is 0.270 e. The van der Waals surface area contributed by atoms with Crippen molar-refractivity contribution in [3.63, 3.8) is 0 Å². The molecular formula is C22H16ClN5O4. The van der Waals surface area contributed by atoms with Crippen LogP contribution in [0.3, 0.4) is 0 Å². The number of nitrogens with zero attached hydrogens (tertiary/aromatic N) is 4. The molecule has 10 heteroatoms. The highest BCUT2D eigenvalue weighted by Gasteiger charge is 2.17. The molecule has 0 fully saturated rings. The van der Waals surface area contributed by atoms with Crippen molar-refractivity contribution in [3.05, 3.63) is 97.2 Å². The second-order valence-electron chi connectivity index (χ2n) is 7.05. The van der Waals surface area contributed by atoms with E-state index in [1.807, 2.05) is 0 Å². The number of carbonyl (C=O) groups excluding carboxylic acids is 1. The van der Waals surface area contributed by atoms with Crippen molar-refractivity contribution in [3.8, 4) is 5.69 Å². The van der Waals surface area contributed by atoms with Crippen LogP contribution in [-0.4, -0.2) is 25.4 Å². The molecule has 0 unspecified atom stereocenters. The molecule has 0 aliphatic heterocycles. The van der Waals surface area contributed by atoms with Crippen molar-refractivity contribution in [2.45, 2.75) is 13.8 Å². The quantitative estimate of drug-likeness (QED) is 0.368. The molecule has 0 spiro atoms. The molecule has 1 N–H and O–H groups in total. The van der Waals surface area contributed by atoms with Crippen LogP contribution in [0, 0.1) is 24.0 Å². The summed E-state index contributed by atoms with van der Waals surface area (Å²) in [5.41, 5.74) is 1.85. The fraction of sp³-hybridized carbons (Fsp3) is 0.0909. The standard InChI is InChI=1S/C22H16ClN5O4/c1-12-10-14(27-13(2)25-20-17(22(27)30)4-3-9-24-20)6-8-19(12)26-21(29)16-7-5-15(28(31)32)11-18(16)23/h3-11H,1-2H3,(H,26,29). The third-order valence-corrected chi connectivity index (χ3v) is 5.25. The van der Waals surface area contributed by atoms with E-state index >= 15 is 0 Å². The minimum Gasteiger partial charge on any atom is -0.322 e. The first kappa shape index (κ1) is 21.1. The van der Waals surface area contributed by atoms with Crippen molar-refractivity contribution in [2.75, 3.05) is 5.32 Å². The lowest BCUT2D eigenvalue weighted by Gasteiger charge is -2.14. The molecular weight excluding hydrogens is 434 g/mol. The predicted octanol–water partition coefficient (Wildman–Crippen LogP) is 4.21. The van der Waals surface area contributed by atoms with Gasteiger partial charge in [0.2, 0.25) is 0 Å². The second-order valence-corrected chi connectivity index (χ2v) is 7.46. The van der Waals surface area contributed by atoms with Gasteiger partial charge in [-0.25, -0.2) is 9.97 Å². The maximum atomic E-state index is 13.0. The molecule has 160 valence electrons. The van der Waals surface area contributed by atoms with Crippen molar-refractivity contribution < 1.29 is 9.72 Å². The van der Waals surface area contributed by atoms with E-state index < -0.39 is 10.8 Å². The third-order valence-electron chi connectivity index (χ3n) is 4.94. The molecule has 4 aromatic rings. The van der Waals surface area contributed by atoms with E-state index in [0.29, 0.717) is 33.8 Å². The van der Waals surface area contributed by atoms with Gasteiger partial charge >= 0.3 is 0 Å². The van der Waals surface area contributed by atoms with Gasteiger partial charge < -0.3 is 5.32 Å². The highest BCUT2D eigenvalue weighted by molar-refractivity contribution is 6.34. The van der Waals surface area contributed by atoms with E-state index in [9.17, 15) is 19.7 Å². The number of halogens is 1. The Morgan fingerprint density at radius 1 is 1.16 bits per heavy atom. The minimum atomic E-state index is -0.585. The van der Waals surface area contributed by atoms with Crippen LogP contribution < -0.4 is 10.9 Å². The number of aryl methyl sites for hydroxylation is 2. The molecule has 0 radical (unpaired) electrons. The molecule has 0 bridgehead atoms. The zero-order valence-electron chi connectivity index (χ0n) is 17.0. The van der Waals surface area contributed by atoms with Gasteiger partial charge in [-0.15, -0.1) is 0 Å². The minimum absolute atomic E-state index is 0.0241. The van der Waals surface area contributed by atoms with Crippen molar-refractivity contribution in [1.29, 1.82) is 0 Å². The molecule has 2 heterocycles. The van der Waals surface area contributed by atoms with E-state index in [4.69, 9.17) is 11.6 Å². The molecule has 2 aromatic heterocycles. The van der Waals surface area contributed by atoms with Crippen LogP contribution in [0.5, 0.6) is 0 Å². The van der Waals surface area contributed by atoms with E-state index in [0.717, 1.165) is 6.07 Å². The molecule has 1 amide bonds. The monoisotopic (exact) mass is 449 g/mol. The number of aromatic nitrogens is 3. The Balaban J connectivity index is 1.66.